The molecule has 130 valence electrons. The Balaban J connectivity index is 1.62. The second-order valence-electron chi connectivity index (χ2n) is 6.59. The van der Waals surface area contributed by atoms with E-state index in [9.17, 15) is 14.4 Å². The van der Waals surface area contributed by atoms with Crippen molar-refractivity contribution in [2.75, 3.05) is 26.2 Å². The topological polar surface area (TPSA) is 83.7 Å². The first kappa shape index (κ1) is 17.0. The number of likely N-dealkylation sites (tertiary alicyclic amines) is 2. The molecule has 24 heavy (non-hydrogen) atoms. The largest absolute Gasteiger partial charge is 0.369 e. The van der Waals surface area contributed by atoms with Gasteiger partial charge in [0.05, 0.1) is 16.7 Å². The number of nitrogens with two attached hydrogens (primary N) is 1. The molecular formula is C17H23N3O3S. The Labute approximate surface area is 145 Å². The van der Waals surface area contributed by atoms with Crippen LogP contribution in [0.15, 0.2) is 17.5 Å². The van der Waals surface area contributed by atoms with Crippen LogP contribution in [0, 0.1) is 11.8 Å². The molecule has 7 heteroatoms. The van der Waals surface area contributed by atoms with E-state index >= 15 is 0 Å². The molecule has 0 aliphatic carbocycles. The van der Waals surface area contributed by atoms with Gasteiger partial charge in [0.15, 0.2) is 0 Å². The number of primary amides is 1. The molecule has 0 aromatic carbocycles. The summed E-state index contributed by atoms with van der Waals surface area (Å²) in [5.74, 6) is -0.670. The quantitative estimate of drug-likeness (QED) is 0.893. The van der Waals surface area contributed by atoms with Gasteiger partial charge in [-0.05, 0) is 37.1 Å². The van der Waals surface area contributed by atoms with Gasteiger partial charge in [0.2, 0.25) is 11.8 Å². The van der Waals surface area contributed by atoms with Gasteiger partial charge in [-0.2, -0.15) is 0 Å². The van der Waals surface area contributed by atoms with Gasteiger partial charge < -0.3 is 15.5 Å². The number of rotatable bonds is 3. The molecule has 2 N–H and O–H groups in total. The van der Waals surface area contributed by atoms with Crippen molar-refractivity contribution in [3.63, 3.8) is 0 Å². The van der Waals surface area contributed by atoms with Crippen molar-refractivity contribution >= 4 is 29.1 Å². The van der Waals surface area contributed by atoms with Gasteiger partial charge >= 0.3 is 0 Å². The molecule has 3 rings (SSSR count). The minimum absolute atomic E-state index is 0.0103. The van der Waals surface area contributed by atoms with Gasteiger partial charge in [0, 0.05) is 26.2 Å². The minimum atomic E-state index is -0.328. The number of nitrogens with zero attached hydrogens (tertiary/aromatic N) is 2. The molecule has 2 fully saturated rings. The van der Waals surface area contributed by atoms with E-state index in [0.717, 1.165) is 30.6 Å². The Morgan fingerprint density at radius 2 is 1.71 bits per heavy atom. The fraction of sp³-hybridized carbons (Fsp3) is 0.588. The Hall–Kier alpha value is -1.89. The van der Waals surface area contributed by atoms with Crippen molar-refractivity contribution in [1.29, 1.82) is 0 Å². The molecule has 0 bridgehead atoms. The lowest BCUT2D eigenvalue weighted by atomic mass is 9.92. The Morgan fingerprint density at radius 3 is 2.38 bits per heavy atom. The molecule has 3 heterocycles. The number of carbonyl (C=O) groups is 3. The summed E-state index contributed by atoms with van der Waals surface area (Å²) in [5, 5.41) is 1.89. The van der Waals surface area contributed by atoms with Gasteiger partial charge in [-0.25, -0.2) is 0 Å². The highest BCUT2D eigenvalue weighted by Gasteiger charge is 2.34. The highest BCUT2D eigenvalue weighted by atomic mass is 32.1. The third kappa shape index (κ3) is 3.61. The van der Waals surface area contributed by atoms with Crippen LogP contribution >= 0.6 is 11.3 Å². The number of thiophene rings is 1. The lowest BCUT2D eigenvalue weighted by Gasteiger charge is -2.37. The molecule has 0 spiro atoms. The fourth-order valence-corrected chi connectivity index (χ4v) is 4.28. The number of carbonyl (C=O) groups excluding carboxylic acids is 3. The lowest BCUT2D eigenvalue weighted by Crippen LogP contribution is -2.50. The molecular weight excluding hydrogens is 326 g/mol. The first-order valence-electron chi connectivity index (χ1n) is 8.47. The highest BCUT2D eigenvalue weighted by Crippen LogP contribution is 2.24. The van der Waals surface area contributed by atoms with Crippen LogP contribution in [-0.4, -0.2) is 53.7 Å². The Kier molecular flexibility index (Phi) is 5.18. The summed E-state index contributed by atoms with van der Waals surface area (Å²) < 4.78 is 0. The maximum atomic E-state index is 12.8. The fourth-order valence-electron chi connectivity index (χ4n) is 3.59. The molecule has 2 aliphatic rings. The van der Waals surface area contributed by atoms with Gasteiger partial charge in [-0.3, -0.25) is 14.4 Å². The second-order valence-corrected chi connectivity index (χ2v) is 7.54. The first-order chi connectivity index (χ1) is 11.6. The Bertz CT molecular complexity index is 617. The van der Waals surface area contributed by atoms with E-state index in [1.54, 1.807) is 9.80 Å². The molecule has 2 unspecified atom stereocenters. The van der Waals surface area contributed by atoms with Crippen LogP contribution in [-0.2, 0) is 9.59 Å². The van der Waals surface area contributed by atoms with E-state index in [2.05, 4.69) is 0 Å². The van der Waals surface area contributed by atoms with Crippen LogP contribution in [0.1, 0.15) is 35.4 Å². The van der Waals surface area contributed by atoms with Crippen LogP contribution in [0.4, 0.5) is 0 Å². The monoisotopic (exact) mass is 349 g/mol. The highest BCUT2D eigenvalue weighted by molar-refractivity contribution is 7.12. The summed E-state index contributed by atoms with van der Waals surface area (Å²) in [5.41, 5.74) is 5.40. The van der Waals surface area contributed by atoms with E-state index in [0.29, 0.717) is 26.2 Å². The number of hydrogen-bond acceptors (Lipinski definition) is 4. The smallest absolute Gasteiger partial charge is 0.263 e. The van der Waals surface area contributed by atoms with Crippen molar-refractivity contribution in [2.24, 2.45) is 17.6 Å². The third-order valence-corrected chi connectivity index (χ3v) is 5.78. The van der Waals surface area contributed by atoms with Crippen molar-refractivity contribution in [3.05, 3.63) is 22.4 Å². The zero-order chi connectivity index (χ0) is 17.1. The zero-order valence-corrected chi connectivity index (χ0v) is 14.5. The minimum Gasteiger partial charge on any atom is -0.369 e. The number of hydrogen-bond donors (Lipinski definition) is 1. The maximum Gasteiger partial charge on any atom is 0.263 e. The molecule has 0 radical (unpaired) electrons. The predicted octanol–water partition coefficient (Wildman–Crippen LogP) is 1.32. The van der Waals surface area contributed by atoms with E-state index in [1.807, 2.05) is 17.5 Å². The van der Waals surface area contributed by atoms with Crippen molar-refractivity contribution in [3.8, 4) is 0 Å². The number of amides is 3. The lowest BCUT2D eigenvalue weighted by molar-refractivity contribution is -0.140. The van der Waals surface area contributed by atoms with Crippen LogP contribution in [0.2, 0.25) is 0 Å². The van der Waals surface area contributed by atoms with Crippen molar-refractivity contribution in [2.45, 2.75) is 25.7 Å². The van der Waals surface area contributed by atoms with Crippen LogP contribution in [0.3, 0.4) is 0 Å². The van der Waals surface area contributed by atoms with Gasteiger partial charge in [-0.15, -0.1) is 11.3 Å². The molecule has 1 aromatic heterocycles. The summed E-state index contributed by atoms with van der Waals surface area (Å²) in [7, 11) is 0. The van der Waals surface area contributed by atoms with Crippen molar-refractivity contribution in [1.82, 2.24) is 9.80 Å². The average Bonchev–Trinajstić information content (AvgIpc) is 3.15. The number of piperidine rings is 2. The summed E-state index contributed by atoms with van der Waals surface area (Å²) in [6, 6.07) is 3.68. The van der Waals surface area contributed by atoms with Gasteiger partial charge in [0.25, 0.3) is 5.91 Å². The standard InChI is InChI=1S/C17H23N3O3S/c18-15(21)12-4-1-7-19(10-12)16(22)13-5-2-8-20(11-13)17(23)14-6-3-9-24-14/h3,6,9,12-13H,1-2,4-5,7-8,10-11H2,(H2,18,21). The van der Waals surface area contributed by atoms with Crippen molar-refractivity contribution < 1.29 is 14.4 Å². The third-order valence-electron chi connectivity index (χ3n) is 4.93. The molecule has 3 amide bonds. The van der Waals surface area contributed by atoms with E-state index in [4.69, 9.17) is 5.73 Å². The SMILES string of the molecule is NC(=O)C1CCCN(C(=O)C2CCCN(C(=O)c3cccs3)C2)C1. The molecule has 2 aliphatic heterocycles. The average molecular weight is 349 g/mol. The van der Waals surface area contributed by atoms with E-state index < -0.39 is 0 Å². The molecule has 1 aromatic rings. The maximum absolute atomic E-state index is 12.8. The first-order valence-corrected chi connectivity index (χ1v) is 9.35. The van der Waals surface area contributed by atoms with Gasteiger partial charge in [0.1, 0.15) is 0 Å². The van der Waals surface area contributed by atoms with Crippen LogP contribution < -0.4 is 5.73 Å². The molecule has 2 saturated heterocycles. The predicted molar refractivity (Wildman–Crippen MR) is 91.4 cm³/mol. The van der Waals surface area contributed by atoms with Crippen LogP contribution in [0.5, 0.6) is 0 Å². The normalized spacial score (nSPS) is 24.7. The summed E-state index contributed by atoms with van der Waals surface area (Å²) in [6.45, 7) is 2.26. The van der Waals surface area contributed by atoms with E-state index in [-0.39, 0.29) is 29.6 Å². The van der Waals surface area contributed by atoms with Crippen LogP contribution in [0.25, 0.3) is 0 Å². The summed E-state index contributed by atoms with van der Waals surface area (Å²) >= 11 is 1.43. The summed E-state index contributed by atoms with van der Waals surface area (Å²) in [6.07, 6.45) is 3.20. The summed E-state index contributed by atoms with van der Waals surface area (Å²) in [4.78, 5) is 41.0. The zero-order valence-electron chi connectivity index (χ0n) is 13.6. The Morgan fingerprint density at radius 1 is 1.04 bits per heavy atom. The van der Waals surface area contributed by atoms with Gasteiger partial charge in [-0.1, -0.05) is 6.07 Å². The molecule has 2 atom stereocenters. The van der Waals surface area contributed by atoms with E-state index in [1.165, 1.54) is 11.3 Å². The second kappa shape index (κ2) is 7.34. The molecule has 6 nitrogen and oxygen atoms in total. The molecule has 0 saturated carbocycles.